The van der Waals surface area contributed by atoms with Crippen LogP contribution in [0.5, 0.6) is 5.75 Å². The van der Waals surface area contributed by atoms with Gasteiger partial charge in [0.1, 0.15) is 22.8 Å². The first-order valence-corrected chi connectivity index (χ1v) is 17.7. The lowest BCUT2D eigenvalue weighted by Gasteiger charge is -2.39. The number of phenolic OH excluding ortho intramolecular Hbond substituents is 1. The largest absolute Gasteiger partial charge is 0.508 e. The van der Waals surface area contributed by atoms with Gasteiger partial charge in [-0.2, -0.15) is 0 Å². The van der Waals surface area contributed by atoms with E-state index in [0.29, 0.717) is 27.7 Å². The highest BCUT2D eigenvalue weighted by molar-refractivity contribution is 6.04. The fourth-order valence-electron chi connectivity index (χ4n) is 8.09. The standard InChI is InChI=1S/C40H40FN7O4/c1-6-32(50)45-19-26(20-45)47-36-30-18-31(41)34(29-17-27(49)16-24-10-7-8-12-28(24)29)43-38(30)48(35-23(4)13-14-42-33(35)22(2)3)39(51)37(36)46(40(47)52)21-25-11-9-15-44(25)5/h6-8,10,12-14,16-18,22,25-26,49H,1,9,11,15,19-21H2,2-5H3/t25-/m0/s1. The Labute approximate surface area is 298 Å². The zero-order valence-corrected chi connectivity index (χ0v) is 29.6. The maximum absolute atomic E-state index is 16.8. The zero-order chi connectivity index (χ0) is 36.6. The van der Waals surface area contributed by atoms with Crippen LogP contribution >= 0.6 is 0 Å². The number of phenols is 1. The number of aromatic hydroxyl groups is 1. The average molecular weight is 702 g/mol. The number of aryl methyl sites for hydroxylation is 1. The van der Waals surface area contributed by atoms with Crippen molar-refractivity contribution in [3.05, 3.63) is 105 Å². The van der Waals surface area contributed by atoms with Crippen LogP contribution in [0.4, 0.5) is 4.39 Å². The summed E-state index contributed by atoms with van der Waals surface area (Å²) in [6.45, 7) is 11.1. The highest BCUT2D eigenvalue weighted by Gasteiger charge is 2.37. The Morgan fingerprint density at radius 3 is 2.58 bits per heavy atom. The molecule has 2 aliphatic heterocycles. The Morgan fingerprint density at radius 2 is 1.87 bits per heavy atom. The van der Waals surface area contributed by atoms with Crippen LogP contribution in [0.2, 0.25) is 0 Å². The molecule has 2 saturated heterocycles. The van der Waals surface area contributed by atoms with Crippen LogP contribution in [0.15, 0.2) is 77.0 Å². The molecule has 0 spiro atoms. The number of pyridine rings is 3. The number of benzene rings is 2. The van der Waals surface area contributed by atoms with Crippen LogP contribution < -0.4 is 11.2 Å². The number of amides is 1. The third kappa shape index (κ3) is 5.15. The van der Waals surface area contributed by atoms with E-state index in [1.807, 2.05) is 58.2 Å². The second-order valence-electron chi connectivity index (χ2n) is 14.4. The van der Waals surface area contributed by atoms with E-state index in [0.717, 1.165) is 24.9 Å². The number of likely N-dealkylation sites (tertiary alicyclic amines) is 2. The molecule has 8 rings (SSSR count). The Hall–Kier alpha value is -5.62. The van der Waals surface area contributed by atoms with E-state index >= 15 is 9.18 Å². The Balaban J connectivity index is 1.52. The van der Waals surface area contributed by atoms with Gasteiger partial charge in [0.15, 0.2) is 5.65 Å². The van der Waals surface area contributed by atoms with Crippen molar-refractivity contribution in [2.45, 2.75) is 58.2 Å². The van der Waals surface area contributed by atoms with Gasteiger partial charge in [0.2, 0.25) is 5.91 Å². The molecule has 1 amide bonds. The lowest BCUT2D eigenvalue weighted by Crippen LogP contribution is -2.52. The van der Waals surface area contributed by atoms with Crippen molar-refractivity contribution in [3.63, 3.8) is 0 Å². The fourth-order valence-corrected chi connectivity index (χ4v) is 8.09. The molecule has 0 bridgehead atoms. The molecule has 0 unspecified atom stereocenters. The van der Waals surface area contributed by atoms with Gasteiger partial charge < -0.3 is 14.9 Å². The highest BCUT2D eigenvalue weighted by Crippen LogP contribution is 2.37. The first-order chi connectivity index (χ1) is 25.0. The molecular weight excluding hydrogens is 661 g/mol. The maximum atomic E-state index is 16.8. The third-order valence-electron chi connectivity index (χ3n) is 10.8. The quantitative estimate of drug-likeness (QED) is 0.214. The number of carbonyl (C=O) groups excluding carboxylic acids is 1. The number of nitrogens with zero attached hydrogens (tertiary/aromatic N) is 7. The molecule has 11 nitrogen and oxygen atoms in total. The predicted molar refractivity (Wildman–Crippen MR) is 200 cm³/mol. The molecule has 0 saturated carbocycles. The molecule has 4 aromatic heterocycles. The number of fused-ring (bicyclic) bond motifs is 4. The molecule has 1 atom stereocenters. The number of likely N-dealkylation sites (N-methyl/N-ethyl adjacent to an activating group) is 1. The lowest BCUT2D eigenvalue weighted by atomic mass is 10.00. The number of aromatic nitrogens is 5. The second-order valence-corrected chi connectivity index (χ2v) is 14.4. The number of imidazole rings is 1. The van der Waals surface area contributed by atoms with Crippen molar-refractivity contribution in [3.8, 4) is 22.7 Å². The van der Waals surface area contributed by atoms with E-state index in [1.54, 1.807) is 26.3 Å². The summed E-state index contributed by atoms with van der Waals surface area (Å²) in [5.41, 5.74) is 1.98. The van der Waals surface area contributed by atoms with Gasteiger partial charge in [-0.3, -0.25) is 28.3 Å². The molecule has 0 radical (unpaired) electrons. The van der Waals surface area contributed by atoms with Crippen molar-refractivity contribution < 1.29 is 14.3 Å². The van der Waals surface area contributed by atoms with Crippen LogP contribution in [0.3, 0.4) is 0 Å². The molecule has 52 heavy (non-hydrogen) atoms. The van der Waals surface area contributed by atoms with Crippen LogP contribution in [0.25, 0.3) is 49.8 Å². The molecule has 1 N–H and O–H groups in total. The van der Waals surface area contributed by atoms with E-state index in [1.165, 1.54) is 22.8 Å². The van der Waals surface area contributed by atoms with Gasteiger partial charge in [-0.25, -0.2) is 14.2 Å². The molecule has 2 fully saturated rings. The molecule has 0 aliphatic carbocycles. The number of carbonyl (C=O) groups is 1. The molecular formula is C40H40FN7O4. The van der Waals surface area contributed by atoms with E-state index in [9.17, 15) is 14.7 Å². The number of hydrogen-bond acceptors (Lipinski definition) is 7. The minimum absolute atomic E-state index is 0.0168. The van der Waals surface area contributed by atoms with E-state index in [-0.39, 0.29) is 71.0 Å². The average Bonchev–Trinajstić information content (AvgIpc) is 3.63. The minimum atomic E-state index is -0.680. The molecule has 266 valence electrons. The lowest BCUT2D eigenvalue weighted by molar-refractivity contribution is -0.131. The number of rotatable bonds is 7. The number of halogens is 1. The maximum Gasteiger partial charge on any atom is 0.329 e. The predicted octanol–water partition coefficient (Wildman–Crippen LogP) is 5.66. The van der Waals surface area contributed by atoms with Gasteiger partial charge in [0, 0.05) is 42.8 Å². The van der Waals surface area contributed by atoms with E-state index in [4.69, 9.17) is 9.97 Å². The third-order valence-corrected chi connectivity index (χ3v) is 10.8. The molecule has 2 aliphatic rings. The minimum Gasteiger partial charge on any atom is -0.508 e. The smallest absolute Gasteiger partial charge is 0.329 e. The monoisotopic (exact) mass is 701 g/mol. The second kappa shape index (κ2) is 12.6. The summed E-state index contributed by atoms with van der Waals surface area (Å²) in [6, 6.07) is 13.1. The summed E-state index contributed by atoms with van der Waals surface area (Å²) in [5, 5.41) is 12.4. The molecule has 6 heterocycles. The van der Waals surface area contributed by atoms with Crippen LogP contribution in [0.1, 0.15) is 49.9 Å². The van der Waals surface area contributed by atoms with Gasteiger partial charge in [-0.1, -0.05) is 44.7 Å². The molecule has 12 heteroatoms. The van der Waals surface area contributed by atoms with Gasteiger partial charge in [-0.15, -0.1) is 0 Å². The Bertz CT molecular complexity index is 2580. The summed E-state index contributed by atoms with van der Waals surface area (Å²) in [6.07, 6.45) is 4.77. The summed E-state index contributed by atoms with van der Waals surface area (Å²) in [4.78, 5) is 56.0. The van der Waals surface area contributed by atoms with Crippen LogP contribution in [-0.2, 0) is 11.3 Å². The highest BCUT2D eigenvalue weighted by atomic mass is 19.1. The fraction of sp³-hybridized carbons (Fsp3) is 0.325. The summed E-state index contributed by atoms with van der Waals surface area (Å²) in [5.74, 6) is -1.08. The Kier molecular flexibility index (Phi) is 8.09. The summed E-state index contributed by atoms with van der Waals surface area (Å²) in [7, 11) is 2.01. The normalized spacial score (nSPS) is 16.8. The van der Waals surface area contributed by atoms with Gasteiger partial charge in [0.25, 0.3) is 5.56 Å². The summed E-state index contributed by atoms with van der Waals surface area (Å²) < 4.78 is 21.4. The van der Waals surface area contributed by atoms with Crippen LogP contribution in [0, 0.1) is 12.7 Å². The van der Waals surface area contributed by atoms with Crippen molar-refractivity contribution in [2.24, 2.45) is 0 Å². The first-order valence-electron chi connectivity index (χ1n) is 17.7. The van der Waals surface area contributed by atoms with Gasteiger partial charge in [-0.05, 0) is 86.0 Å². The van der Waals surface area contributed by atoms with Crippen LogP contribution in [-0.4, -0.2) is 77.2 Å². The first kappa shape index (κ1) is 33.5. The van der Waals surface area contributed by atoms with Crippen molar-refractivity contribution in [1.82, 2.24) is 33.5 Å². The van der Waals surface area contributed by atoms with Crippen molar-refractivity contribution in [2.75, 3.05) is 26.7 Å². The Morgan fingerprint density at radius 1 is 1.10 bits per heavy atom. The summed E-state index contributed by atoms with van der Waals surface area (Å²) >= 11 is 0. The molecule has 2 aromatic carbocycles. The van der Waals surface area contributed by atoms with E-state index in [2.05, 4.69) is 11.5 Å². The zero-order valence-electron chi connectivity index (χ0n) is 29.6. The topological polar surface area (TPSA) is 118 Å². The van der Waals surface area contributed by atoms with Gasteiger partial charge in [0.05, 0.1) is 22.9 Å². The van der Waals surface area contributed by atoms with E-state index < -0.39 is 23.1 Å². The number of hydrogen-bond donors (Lipinski definition) is 1. The molecule has 6 aromatic rings. The van der Waals surface area contributed by atoms with Gasteiger partial charge >= 0.3 is 5.69 Å². The van der Waals surface area contributed by atoms with Crippen molar-refractivity contribution >= 4 is 38.7 Å². The van der Waals surface area contributed by atoms with Crippen molar-refractivity contribution in [1.29, 1.82) is 0 Å². The SMILES string of the molecule is C=CC(=O)N1CC(n2c(=O)n(C[C@@H]3CCCN3C)c3c(=O)n(-c4c(C)ccnc4C(C)C)c4nc(-c5cc(O)cc6ccccc56)c(F)cc4c32)C1.